The van der Waals surface area contributed by atoms with Crippen LogP contribution < -0.4 is 9.47 Å². The second-order valence-corrected chi connectivity index (χ2v) is 8.48. The molecule has 1 aromatic rings. The molecular formula is C21H26N2O4. The van der Waals surface area contributed by atoms with E-state index < -0.39 is 0 Å². The van der Waals surface area contributed by atoms with Crippen LogP contribution in [-0.2, 0) is 4.79 Å². The van der Waals surface area contributed by atoms with Gasteiger partial charge in [0.05, 0.1) is 5.41 Å². The number of piperidine rings is 1. The number of fused-ring (bicyclic) bond motifs is 1. The predicted molar refractivity (Wildman–Crippen MR) is 98.7 cm³/mol. The molecule has 6 nitrogen and oxygen atoms in total. The third-order valence-electron chi connectivity index (χ3n) is 6.79. The van der Waals surface area contributed by atoms with Gasteiger partial charge in [-0.05, 0) is 56.2 Å². The highest BCUT2D eigenvalue weighted by Crippen LogP contribution is 2.42. The van der Waals surface area contributed by atoms with Gasteiger partial charge in [-0.2, -0.15) is 0 Å². The van der Waals surface area contributed by atoms with E-state index in [1.54, 1.807) is 18.2 Å². The molecule has 4 aliphatic rings. The Balaban J connectivity index is 1.29. The molecule has 144 valence electrons. The van der Waals surface area contributed by atoms with Crippen molar-refractivity contribution in [2.75, 3.05) is 33.0 Å². The number of amides is 2. The van der Waals surface area contributed by atoms with Crippen LogP contribution in [0.2, 0.25) is 0 Å². The van der Waals surface area contributed by atoms with Crippen LogP contribution in [0.15, 0.2) is 18.2 Å². The topological polar surface area (TPSA) is 59.1 Å². The molecule has 0 unspecified atom stereocenters. The van der Waals surface area contributed by atoms with E-state index in [-0.39, 0.29) is 24.0 Å². The van der Waals surface area contributed by atoms with Crippen molar-refractivity contribution in [1.29, 1.82) is 0 Å². The summed E-state index contributed by atoms with van der Waals surface area (Å²) in [4.78, 5) is 30.2. The Kier molecular flexibility index (Phi) is 4.02. The highest BCUT2D eigenvalue weighted by atomic mass is 16.7. The number of carbonyl (C=O) groups is 2. The fourth-order valence-corrected chi connectivity index (χ4v) is 4.95. The third-order valence-corrected chi connectivity index (χ3v) is 6.79. The van der Waals surface area contributed by atoms with Crippen molar-refractivity contribution in [2.45, 2.75) is 38.5 Å². The molecule has 1 saturated carbocycles. The number of nitrogens with zero attached hydrogens (tertiary/aromatic N) is 2. The summed E-state index contributed by atoms with van der Waals surface area (Å²) in [7, 11) is 0. The van der Waals surface area contributed by atoms with Crippen molar-refractivity contribution in [2.24, 2.45) is 11.3 Å². The smallest absolute Gasteiger partial charge is 0.254 e. The third kappa shape index (κ3) is 2.86. The Morgan fingerprint density at radius 2 is 1.96 bits per heavy atom. The predicted octanol–water partition coefficient (Wildman–Crippen LogP) is 2.67. The summed E-state index contributed by atoms with van der Waals surface area (Å²) in [5.74, 6) is 2.25. The van der Waals surface area contributed by atoms with Gasteiger partial charge < -0.3 is 19.3 Å². The van der Waals surface area contributed by atoms with Crippen LogP contribution in [-0.4, -0.2) is 54.6 Å². The molecule has 3 heterocycles. The van der Waals surface area contributed by atoms with Crippen molar-refractivity contribution >= 4 is 11.8 Å². The lowest BCUT2D eigenvalue weighted by atomic mass is 9.77. The number of rotatable bonds is 3. The van der Waals surface area contributed by atoms with Crippen LogP contribution in [0.5, 0.6) is 11.5 Å². The maximum atomic E-state index is 13.2. The van der Waals surface area contributed by atoms with Crippen molar-refractivity contribution in [3.05, 3.63) is 23.8 Å². The molecule has 0 bridgehead atoms. The normalized spacial score (nSPS) is 27.3. The van der Waals surface area contributed by atoms with Gasteiger partial charge in [-0.25, -0.2) is 0 Å². The van der Waals surface area contributed by atoms with Gasteiger partial charge in [0.1, 0.15) is 0 Å². The van der Waals surface area contributed by atoms with Crippen LogP contribution in [0.3, 0.4) is 0 Å². The summed E-state index contributed by atoms with van der Waals surface area (Å²) in [5, 5.41) is 0. The largest absolute Gasteiger partial charge is 0.454 e. The second kappa shape index (κ2) is 6.43. The van der Waals surface area contributed by atoms with Gasteiger partial charge in [0.25, 0.3) is 5.91 Å². The molecule has 1 aliphatic carbocycles. The highest BCUT2D eigenvalue weighted by molar-refractivity contribution is 5.96. The van der Waals surface area contributed by atoms with Gasteiger partial charge in [-0.1, -0.05) is 6.42 Å². The van der Waals surface area contributed by atoms with Crippen LogP contribution in [0.25, 0.3) is 0 Å². The van der Waals surface area contributed by atoms with E-state index in [1.807, 2.05) is 4.90 Å². The van der Waals surface area contributed by atoms with E-state index in [0.29, 0.717) is 36.1 Å². The summed E-state index contributed by atoms with van der Waals surface area (Å²) in [6.07, 6.45) is 6.54. The van der Waals surface area contributed by atoms with E-state index in [9.17, 15) is 9.59 Å². The van der Waals surface area contributed by atoms with Crippen molar-refractivity contribution in [3.8, 4) is 11.5 Å². The van der Waals surface area contributed by atoms with Crippen LogP contribution in [0.4, 0.5) is 0 Å². The summed E-state index contributed by atoms with van der Waals surface area (Å²) in [5.41, 5.74) is 0.236. The molecule has 3 fully saturated rings. The molecule has 5 rings (SSSR count). The molecule has 1 atom stereocenters. The Morgan fingerprint density at radius 3 is 2.78 bits per heavy atom. The number of hydrogen-bond donors (Lipinski definition) is 0. The first-order valence-electron chi connectivity index (χ1n) is 10.1. The van der Waals surface area contributed by atoms with Gasteiger partial charge in [-0.15, -0.1) is 0 Å². The SMILES string of the molecule is O=C(c1ccc2c(c1)OCO2)N1CC[C@@]2(CCCN(CC3CCC3)C2=O)C1. The number of benzene rings is 1. The van der Waals surface area contributed by atoms with E-state index >= 15 is 0 Å². The summed E-state index contributed by atoms with van der Waals surface area (Å²) < 4.78 is 10.7. The van der Waals surface area contributed by atoms with Gasteiger partial charge in [0.15, 0.2) is 11.5 Å². The number of hydrogen-bond acceptors (Lipinski definition) is 4. The quantitative estimate of drug-likeness (QED) is 0.821. The fourth-order valence-electron chi connectivity index (χ4n) is 4.95. The summed E-state index contributed by atoms with van der Waals surface area (Å²) in [6, 6.07) is 5.32. The van der Waals surface area contributed by atoms with Gasteiger partial charge in [-0.3, -0.25) is 9.59 Å². The average molecular weight is 370 g/mol. The molecule has 0 N–H and O–H groups in total. The number of carbonyl (C=O) groups excluding carboxylic acids is 2. The molecule has 6 heteroatoms. The van der Waals surface area contributed by atoms with Gasteiger partial charge in [0, 0.05) is 31.7 Å². The van der Waals surface area contributed by atoms with Crippen LogP contribution in [0.1, 0.15) is 48.9 Å². The Hall–Kier alpha value is -2.24. The Bertz CT molecular complexity index is 775. The van der Waals surface area contributed by atoms with E-state index in [4.69, 9.17) is 9.47 Å². The molecule has 0 aromatic heterocycles. The lowest BCUT2D eigenvalue weighted by molar-refractivity contribution is -0.146. The number of likely N-dealkylation sites (tertiary alicyclic amines) is 2. The monoisotopic (exact) mass is 370 g/mol. The molecule has 1 aromatic carbocycles. The molecule has 0 radical (unpaired) electrons. The highest BCUT2D eigenvalue weighted by Gasteiger charge is 2.49. The Labute approximate surface area is 159 Å². The lowest BCUT2D eigenvalue weighted by Gasteiger charge is -2.42. The fraction of sp³-hybridized carbons (Fsp3) is 0.619. The van der Waals surface area contributed by atoms with Crippen molar-refractivity contribution < 1.29 is 19.1 Å². The van der Waals surface area contributed by atoms with Crippen molar-refractivity contribution in [3.63, 3.8) is 0 Å². The molecule has 3 aliphatic heterocycles. The minimum Gasteiger partial charge on any atom is -0.454 e. The van der Waals surface area contributed by atoms with E-state index in [1.165, 1.54) is 19.3 Å². The zero-order valence-corrected chi connectivity index (χ0v) is 15.6. The van der Waals surface area contributed by atoms with E-state index in [0.717, 1.165) is 32.4 Å². The summed E-state index contributed by atoms with van der Waals surface area (Å²) >= 11 is 0. The minimum absolute atomic E-state index is 0.0194. The minimum atomic E-state index is -0.367. The van der Waals surface area contributed by atoms with Crippen molar-refractivity contribution in [1.82, 2.24) is 9.80 Å². The van der Waals surface area contributed by atoms with Crippen LogP contribution >= 0.6 is 0 Å². The average Bonchev–Trinajstić information content (AvgIpc) is 3.28. The lowest BCUT2D eigenvalue weighted by Crippen LogP contribution is -2.52. The van der Waals surface area contributed by atoms with Gasteiger partial charge >= 0.3 is 0 Å². The maximum Gasteiger partial charge on any atom is 0.254 e. The molecule has 2 saturated heterocycles. The first-order valence-corrected chi connectivity index (χ1v) is 10.1. The molecule has 1 spiro atoms. The Morgan fingerprint density at radius 1 is 1.11 bits per heavy atom. The number of ether oxygens (including phenoxy) is 2. The summed E-state index contributed by atoms with van der Waals surface area (Å²) in [6.45, 7) is 3.19. The van der Waals surface area contributed by atoms with Gasteiger partial charge in [0.2, 0.25) is 12.7 Å². The van der Waals surface area contributed by atoms with Crippen LogP contribution in [0, 0.1) is 11.3 Å². The molecule has 2 amide bonds. The first-order chi connectivity index (χ1) is 13.1. The van der Waals surface area contributed by atoms with E-state index in [2.05, 4.69) is 4.90 Å². The zero-order valence-electron chi connectivity index (χ0n) is 15.6. The molecular weight excluding hydrogens is 344 g/mol. The second-order valence-electron chi connectivity index (χ2n) is 8.48. The first kappa shape index (κ1) is 16.9. The zero-order chi connectivity index (χ0) is 18.4. The molecule has 27 heavy (non-hydrogen) atoms. The standard InChI is InChI=1S/C21H26N2O4/c24-19(16-5-6-17-18(11-16)27-14-26-17)23-10-8-21(13-23)7-2-9-22(20(21)25)12-15-3-1-4-15/h5-6,11,15H,1-4,7-10,12-14H2/t21-/m0/s1. The maximum absolute atomic E-state index is 13.2.